The molecule has 0 spiro atoms. The van der Waals surface area contributed by atoms with E-state index in [9.17, 15) is 14.4 Å². The van der Waals surface area contributed by atoms with Crippen molar-refractivity contribution in [2.75, 3.05) is 13.2 Å². The number of unbranched alkanes of at least 4 members (excludes halogenated alkanes) is 28. The zero-order chi connectivity index (χ0) is 57.1. The molecule has 0 bridgehead atoms. The molecule has 0 aromatic rings. The van der Waals surface area contributed by atoms with Crippen molar-refractivity contribution >= 4 is 17.9 Å². The van der Waals surface area contributed by atoms with Crippen LogP contribution in [0.15, 0.2) is 122 Å². The normalized spacial score (nSPS) is 12.9. The summed E-state index contributed by atoms with van der Waals surface area (Å²) in [6, 6.07) is 0. The van der Waals surface area contributed by atoms with Gasteiger partial charge in [-0.15, -0.1) is 0 Å². The highest BCUT2D eigenvalue weighted by atomic mass is 16.6. The van der Waals surface area contributed by atoms with Gasteiger partial charge in [-0.25, -0.2) is 0 Å². The van der Waals surface area contributed by atoms with Gasteiger partial charge >= 0.3 is 17.9 Å². The summed E-state index contributed by atoms with van der Waals surface area (Å²) in [6.45, 7) is 6.39. The van der Waals surface area contributed by atoms with E-state index >= 15 is 0 Å². The standard InChI is InChI=1S/C73H122O6/c1-4-7-10-13-16-19-22-25-28-30-32-34-35-36-37-39-40-42-45-48-51-54-57-60-63-66-72(75)78-69-70(68-77-71(74)65-62-59-56-53-50-47-44-27-24-21-18-15-12-9-6-3)79-73(76)67-64-61-58-55-52-49-46-43-41-38-33-31-29-26-23-20-17-14-11-8-5-2/h8-9,11-12,17-18,20-22,25-27,29-30,32-33,38,43-44,46,70H,4-7,10,13-16,19,23-24,28,31,34-37,39-42,45,47-69H2,1-3H3/b11-8-,12-9-,20-17-,21-18-,25-22-,29-26-,32-30-,38-33-,44-27-,46-43-. The lowest BCUT2D eigenvalue weighted by atomic mass is 10.0. The van der Waals surface area contributed by atoms with E-state index in [1.165, 1.54) is 109 Å². The van der Waals surface area contributed by atoms with Crippen LogP contribution >= 0.6 is 0 Å². The van der Waals surface area contributed by atoms with E-state index in [0.717, 1.165) is 154 Å². The number of allylic oxidation sites excluding steroid dienone is 20. The molecule has 0 aliphatic heterocycles. The summed E-state index contributed by atoms with van der Waals surface area (Å²) < 4.78 is 16.9. The highest BCUT2D eigenvalue weighted by Gasteiger charge is 2.19. The molecule has 0 aromatic carbocycles. The van der Waals surface area contributed by atoms with Gasteiger partial charge in [0.2, 0.25) is 0 Å². The Kier molecular flexibility index (Phi) is 62.8. The number of esters is 3. The predicted molar refractivity (Wildman–Crippen MR) is 343 cm³/mol. The maximum absolute atomic E-state index is 12.9. The van der Waals surface area contributed by atoms with Gasteiger partial charge in [-0.2, -0.15) is 0 Å². The molecule has 0 N–H and O–H groups in total. The summed E-state index contributed by atoms with van der Waals surface area (Å²) in [4.78, 5) is 38.4. The minimum Gasteiger partial charge on any atom is -0.462 e. The third-order valence-corrected chi connectivity index (χ3v) is 13.9. The topological polar surface area (TPSA) is 78.9 Å². The van der Waals surface area contributed by atoms with Gasteiger partial charge in [0.05, 0.1) is 0 Å². The van der Waals surface area contributed by atoms with E-state index < -0.39 is 6.10 Å². The van der Waals surface area contributed by atoms with Crippen LogP contribution in [0.2, 0.25) is 0 Å². The molecule has 0 radical (unpaired) electrons. The van der Waals surface area contributed by atoms with Crippen molar-refractivity contribution in [3.8, 4) is 0 Å². The van der Waals surface area contributed by atoms with Gasteiger partial charge in [0.15, 0.2) is 6.10 Å². The van der Waals surface area contributed by atoms with Crippen molar-refractivity contribution in [3.05, 3.63) is 122 Å². The summed E-state index contributed by atoms with van der Waals surface area (Å²) in [7, 11) is 0. The molecule has 0 aliphatic carbocycles. The van der Waals surface area contributed by atoms with Gasteiger partial charge < -0.3 is 14.2 Å². The third-order valence-electron chi connectivity index (χ3n) is 13.9. The van der Waals surface area contributed by atoms with E-state index in [1.807, 2.05) is 0 Å². The van der Waals surface area contributed by atoms with Crippen LogP contribution in [0.1, 0.15) is 303 Å². The first-order valence-corrected chi connectivity index (χ1v) is 33.0. The van der Waals surface area contributed by atoms with Crippen molar-refractivity contribution in [1.82, 2.24) is 0 Å². The summed E-state index contributed by atoms with van der Waals surface area (Å²) in [5.74, 6) is -0.925. The van der Waals surface area contributed by atoms with Crippen molar-refractivity contribution in [2.45, 2.75) is 309 Å². The van der Waals surface area contributed by atoms with Gasteiger partial charge in [0.1, 0.15) is 13.2 Å². The Balaban J connectivity index is 4.39. The number of hydrogen-bond acceptors (Lipinski definition) is 6. The average molecular weight is 1100 g/mol. The first-order chi connectivity index (χ1) is 39.0. The van der Waals surface area contributed by atoms with Gasteiger partial charge in [-0.05, 0) is 128 Å². The van der Waals surface area contributed by atoms with Crippen LogP contribution in [0.5, 0.6) is 0 Å². The average Bonchev–Trinajstić information content (AvgIpc) is 3.45. The van der Waals surface area contributed by atoms with Gasteiger partial charge in [0.25, 0.3) is 0 Å². The molecule has 6 nitrogen and oxygen atoms in total. The van der Waals surface area contributed by atoms with Crippen LogP contribution in [0, 0.1) is 0 Å². The zero-order valence-corrected chi connectivity index (χ0v) is 51.6. The minimum atomic E-state index is -0.801. The lowest BCUT2D eigenvalue weighted by Gasteiger charge is -2.18. The monoisotopic (exact) mass is 1090 g/mol. The Morgan fingerprint density at radius 2 is 0.494 bits per heavy atom. The maximum atomic E-state index is 12.9. The fourth-order valence-electron chi connectivity index (χ4n) is 9.04. The van der Waals surface area contributed by atoms with Crippen LogP contribution in [0.4, 0.5) is 0 Å². The molecule has 6 heteroatoms. The Hall–Kier alpha value is -4.19. The summed E-state index contributed by atoms with van der Waals surface area (Å²) in [5, 5.41) is 0. The second-order valence-corrected chi connectivity index (χ2v) is 21.6. The van der Waals surface area contributed by atoms with E-state index in [2.05, 4.69) is 142 Å². The third kappa shape index (κ3) is 64.5. The number of rotatable bonds is 59. The second kappa shape index (κ2) is 66.3. The molecule has 0 fully saturated rings. The van der Waals surface area contributed by atoms with Crippen LogP contribution < -0.4 is 0 Å². The first kappa shape index (κ1) is 74.8. The smallest absolute Gasteiger partial charge is 0.306 e. The van der Waals surface area contributed by atoms with Crippen molar-refractivity contribution in [3.63, 3.8) is 0 Å². The molecular formula is C73H122O6. The number of ether oxygens (including phenoxy) is 3. The minimum absolute atomic E-state index is 0.0938. The molecule has 0 saturated heterocycles. The maximum Gasteiger partial charge on any atom is 0.306 e. The predicted octanol–water partition coefficient (Wildman–Crippen LogP) is 22.8. The Bertz CT molecular complexity index is 1640. The highest BCUT2D eigenvalue weighted by Crippen LogP contribution is 2.16. The van der Waals surface area contributed by atoms with Crippen LogP contribution in [-0.4, -0.2) is 37.2 Å². The highest BCUT2D eigenvalue weighted by molar-refractivity contribution is 5.71. The van der Waals surface area contributed by atoms with Crippen molar-refractivity contribution < 1.29 is 28.6 Å². The van der Waals surface area contributed by atoms with Gasteiger partial charge in [-0.3, -0.25) is 14.4 Å². The molecule has 79 heavy (non-hydrogen) atoms. The molecule has 0 amide bonds. The lowest BCUT2D eigenvalue weighted by molar-refractivity contribution is -0.167. The molecule has 1 atom stereocenters. The van der Waals surface area contributed by atoms with E-state index in [1.54, 1.807) is 0 Å². The fourth-order valence-corrected chi connectivity index (χ4v) is 9.04. The zero-order valence-electron chi connectivity index (χ0n) is 51.6. The molecule has 0 aliphatic rings. The summed E-state index contributed by atoms with van der Waals surface area (Å²) in [6.07, 6.45) is 92.1. The quantitative estimate of drug-likeness (QED) is 0.0261. The van der Waals surface area contributed by atoms with E-state index in [0.29, 0.717) is 19.3 Å². The first-order valence-electron chi connectivity index (χ1n) is 33.0. The lowest BCUT2D eigenvalue weighted by Crippen LogP contribution is -2.30. The molecule has 0 rings (SSSR count). The van der Waals surface area contributed by atoms with Gasteiger partial charge in [0, 0.05) is 19.3 Å². The summed E-state index contributed by atoms with van der Waals surface area (Å²) >= 11 is 0. The number of carbonyl (C=O) groups is 3. The molecule has 1 unspecified atom stereocenters. The molecule has 0 aromatic heterocycles. The van der Waals surface area contributed by atoms with Crippen molar-refractivity contribution in [1.29, 1.82) is 0 Å². The Morgan fingerprint density at radius 1 is 0.266 bits per heavy atom. The Morgan fingerprint density at radius 3 is 0.772 bits per heavy atom. The van der Waals surface area contributed by atoms with Crippen LogP contribution in [0.3, 0.4) is 0 Å². The number of hydrogen-bond donors (Lipinski definition) is 0. The molecule has 450 valence electrons. The molecule has 0 heterocycles. The van der Waals surface area contributed by atoms with E-state index in [4.69, 9.17) is 14.2 Å². The summed E-state index contributed by atoms with van der Waals surface area (Å²) in [5.41, 5.74) is 0. The SMILES string of the molecule is CC/C=C\C/C=C\C/C=C\C/C=C\C/C=C\CCCCCCCC(=O)OC(COC(=O)CCCCCCC/C=C\C/C=C\C/C=C\CC)COC(=O)CCCCCCCCCCCCCCC/C=C\C/C=C\CCCCCCC. The fraction of sp³-hybridized carbons (Fsp3) is 0.685. The van der Waals surface area contributed by atoms with Crippen LogP contribution in [0.25, 0.3) is 0 Å². The largest absolute Gasteiger partial charge is 0.462 e. The molecular weight excluding hydrogens is 973 g/mol. The van der Waals surface area contributed by atoms with E-state index in [-0.39, 0.29) is 31.1 Å². The number of carbonyl (C=O) groups excluding carboxylic acids is 3. The van der Waals surface area contributed by atoms with Crippen molar-refractivity contribution in [2.24, 2.45) is 0 Å². The van der Waals surface area contributed by atoms with Crippen LogP contribution in [-0.2, 0) is 28.6 Å². The second-order valence-electron chi connectivity index (χ2n) is 21.6. The molecule has 0 saturated carbocycles. The Labute approximate surface area is 488 Å². The van der Waals surface area contributed by atoms with Gasteiger partial charge in [-0.1, -0.05) is 277 Å².